The van der Waals surface area contributed by atoms with E-state index in [0.717, 1.165) is 29.1 Å². The Bertz CT molecular complexity index is 731. The van der Waals surface area contributed by atoms with Crippen LogP contribution in [0.2, 0.25) is 0 Å². The van der Waals surface area contributed by atoms with Crippen LogP contribution in [0.25, 0.3) is 0 Å². The molecule has 0 aliphatic heterocycles. The number of aliphatic imine (C=N–C) groups is 1. The summed E-state index contributed by atoms with van der Waals surface area (Å²) in [5, 5.41) is 8.65. The van der Waals surface area contributed by atoms with Crippen molar-refractivity contribution in [3.63, 3.8) is 0 Å². The highest BCUT2D eigenvalue weighted by molar-refractivity contribution is 14.0. The van der Waals surface area contributed by atoms with Crippen LogP contribution in [0.15, 0.2) is 45.2 Å². The van der Waals surface area contributed by atoms with Gasteiger partial charge in [-0.3, -0.25) is 4.79 Å². The minimum atomic E-state index is 0. The molecule has 1 aromatic heterocycles. The van der Waals surface area contributed by atoms with Crippen molar-refractivity contribution < 1.29 is 4.79 Å². The third-order valence-electron chi connectivity index (χ3n) is 3.42. The smallest absolute Gasteiger partial charge is 0.253 e. The first kappa shape index (κ1) is 22.9. The maximum atomic E-state index is 11.9. The largest absolute Gasteiger partial charge is 0.357 e. The van der Waals surface area contributed by atoms with Gasteiger partial charge >= 0.3 is 0 Å². The summed E-state index contributed by atoms with van der Waals surface area (Å²) in [6.45, 7) is 4.13. The van der Waals surface area contributed by atoms with Crippen molar-refractivity contribution in [1.82, 2.24) is 15.5 Å². The molecule has 0 bridgehead atoms. The summed E-state index contributed by atoms with van der Waals surface area (Å²) in [7, 11) is 3.50. The van der Waals surface area contributed by atoms with Crippen LogP contribution in [-0.2, 0) is 13.1 Å². The second-order valence-electron chi connectivity index (χ2n) is 5.68. The summed E-state index contributed by atoms with van der Waals surface area (Å²) >= 11 is 5.17. The van der Waals surface area contributed by atoms with E-state index in [2.05, 4.69) is 43.0 Å². The summed E-state index contributed by atoms with van der Waals surface area (Å²) in [5.41, 5.74) is 1.75. The molecule has 1 heterocycles. The normalized spacial score (nSPS) is 10.8. The van der Waals surface area contributed by atoms with Crippen LogP contribution in [-0.4, -0.2) is 37.4 Å². The third-order valence-corrected chi connectivity index (χ3v) is 5.12. The molecule has 1 aromatic carbocycles. The molecule has 5 nitrogen and oxygen atoms in total. The fourth-order valence-electron chi connectivity index (χ4n) is 2.14. The number of carbonyl (C=O) groups excluding carboxylic acids is 1. The van der Waals surface area contributed by atoms with Gasteiger partial charge in [0.05, 0.1) is 13.1 Å². The van der Waals surface area contributed by atoms with E-state index in [0.29, 0.717) is 12.1 Å². The van der Waals surface area contributed by atoms with E-state index >= 15 is 0 Å². The fraction of sp³-hybridized carbons (Fsp3) is 0.333. The van der Waals surface area contributed by atoms with Crippen molar-refractivity contribution >= 4 is 63.1 Å². The van der Waals surface area contributed by atoms with Crippen LogP contribution < -0.4 is 10.6 Å². The molecule has 0 fully saturated rings. The molecular weight excluding hydrogens is 527 g/mol. The predicted molar refractivity (Wildman–Crippen MR) is 124 cm³/mol. The minimum absolute atomic E-state index is 0. The van der Waals surface area contributed by atoms with Crippen LogP contribution >= 0.6 is 51.2 Å². The number of hydrogen-bond acceptors (Lipinski definition) is 3. The van der Waals surface area contributed by atoms with Gasteiger partial charge in [0, 0.05) is 40.9 Å². The topological polar surface area (TPSA) is 56.7 Å². The molecule has 26 heavy (non-hydrogen) atoms. The van der Waals surface area contributed by atoms with Gasteiger partial charge in [-0.05, 0) is 46.6 Å². The predicted octanol–water partition coefficient (Wildman–Crippen LogP) is 4.09. The van der Waals surface area contributed by atoms with E-state index in [4.69, 9.17) is 0 Å². The quantitative estimate of drug-likeness (QED) is 0.324. The van der Waals surface area contributed by atoms with Crippen molar-refractivity contribution in [1.29, 1.82) is 0 Å². The highest BCUT2D eigenvalue weighted by atomic mass is 127. The van der Waals surface area contributed by atoms with Crippen molar-refractivity contribution in [2.75, 3.05) is 20.6 Å². The maximum absolute atomic E-state index is 11.9. The average molecular weight is 551 g/mol. The zero-order valence-corrected chi connectivity index (χ0v) is 19.8. The number of nitrogens with one attached hydrogen (secondary N) is 2. The number of guanidine groups is 1. The number of benzene rings is 1. The lowest BCUT2D eigenvalue weighted by Crippen LogP contribution is -2.36. The Morgan fingerprint density at radius 3 is 2.46 bits per heavy atom. The molecule has 0 saturated heterocycles. The van der Waals surface area contributed by atoms with Gasteiger partial charge in [0.25, 0.3) is 5.91 Å². The molecule has 2 N–H and O–H groups in total. The van der Waals surface area contributed by atoms with E-state index in [9.17, 15) is 4.79 Å². The zero-order chi connectivity index (χ0) is 18.2. The molecule has 0 radical (unpaired) electrons. The van der Waals surface area contributed by atoms with Gasteiger partial charge in [-0.25, -0.2) is 4.99 Å². The Morgan fingerprint density at radius 2 is 1.92 bits per heavy atom. The van der Waals surface area contributed by atoms with Gasteiger partial charge < -0.3 is 15.5 Å². The first-order chi connectivity index (χ1) is 12.0. The van der Waals surface area contributed by atoms with Crippen LogP contribution in [0.1, 0.15) is 27.7 Å². The molecule has 1 amide bonds. The molecule has 2 aromatic rings. The number of hydrogen-bond donors (Lipinski definition) is 2. The molecule has 0 aliphatic carbocycles. The van der Waals surface area contributed by atoms with Gasteiger partial charge in [0.15, 0.2) is 5.96 Å². The van der Waals surface area contributed by atoms with E-state index < -0.39 is 0 Å². The van der Waals surface area contributed by atoms with Gasteiger partial charge in [-0.1, -0.05) is 12.1 Å². The molecule has 0 unspecified atom stereocenters. The number of carbonyl (C=O) groups is 1. The maximum Gasteiger partial charge on any atom is 0.253 e. The molecule has 0 atom stereocenters. The molecule has 2 rings (SSSR count). The summed E-state index contributed by atoms with van der Waals surface area (Å²) in [5.74, 6) is 0.785. The van der Waals surface area contributed by atoms with Crippen LogP contribution in [0.3, 0.4) is 0 Å². The van der Waals surface area contributed by atoms with Gasteiger partial charge in [0.1, 0.15) is 0 Å². The first-order valence-electron chi connectivity index (χ1n) is 8.05. The Morgan fingerprint density at radius 1 is 1.23 bits per heavy atom. The van der Waals surface area contributed by atoms with Crippen molar-refractivity contribution in [3.8, 4) is 0 Å². The standard InChI is InChI=1S/C18H23BrN4OS.HI/c1-4-20-18(22-11-16-9-15(19)12-25-16)21-10-13-5-7-14(8-6-13)17(24)23(2)3;/h5-9,12H,4,10-11H2,1-3H3,(H2,20,21,22);1H. The molecule has 0 spiro atoms. The summed E-state index contributed by atoms with van der Waals surface area (Å²) in [4.78, 5) is 19.3. The SMILES string of the molecule is CCNC(=NCc1ccc(C(=O)N(C)C)cc1)NCc1cc(Br)cs1.I. The number of rotatable bonds is 6. The number of amides is 1. The number of nitrogens with zero attached hydrogens (tertiary/aromatic N) is 2. The zero-order valence-electron chi connectivity index (χ0n) is 15.1. The second-order valence-corrected chi connectivity index (χ2v) is 7.59. The summed E-state index contributed by atoms with van der Waals surface area (Å²) < 4.78 is 1.10. The van der Waals surface area contributed by atoms with Gasteiger partial charge in [-0.2, -0.15) is 0 Å². The van der Waals surface area contributed by atoms with E-state index in [1.54, 1.807) is 30.3 Å². The van der Waals surface area contributed by atoms with E-state index in [1.807, 2.05) is 31.2 Å². The van der Waals surface area contributed by atoms with Crippen molar-refractivity contribution in [3.05, 3.63) is 56.2 Å². The lowest BCUT2D eigenvalue weighted by molar-refractivity contribution is 0.0827. The lowest BCUT2D eigenvalue weighted by Gasteiger charge is -2.11. The van der Waals surface area contributed by atoms with Crippen LogP contribution in [0, 0.1) is 0 Å². The summed E-state index contributed by atoms with van der Waals surface area (Å²) in [6.07, 6.45) is 0. The fourth-order valence-corrected chi connectivity index (χ4v) is 3.53. The molecular formula is C18H24BrIN4OS. The Labute approximate surface area is 184 Å². The Balaban J connectivity index is 0.00000338. The monoisotopic (exact) mass is 550 g/mol. The lowest BCUT2D eigenvalue weighted by atomic mass is 10.1. The Hall–Kier alpha value is -1.13. The minimum Gasteiger partial charge on any atom is -0.357 e. The van der Waals surface area contributed by atoms with E-state index in [1.165, 1.54) is 4.88 Å². The molecule has 0 saturated carbocycles. The van der Waals surface area contributed by atoms with Gasteiger partial charge in [-0.15, -0.1) is 35.3 Å². The Kier molecular flexibility index (Phi) is 10.2. The van der Waals surface area contributed by atoms with Crippen LogP contribution in [0.5, 0.6) is 0 Å². The van der Waals surface area contributed by atoms with Crippen molar-refractivity contribution in [2.45, 2.75) is 20.0 Å². The second kappa shape index (κ2) is 11.6. The summed E-state index contributed by atoms with van der Waals surface area (Å²) in [6, 6.07) is 9.68. The van der Waals surface area contributed by atoms with E-state index in [-0.39, 0.29) is 29.9 Å². The molecule has 0 aliphatic rings. The molecule has 142 valence electrons. The van der Waals surface area contributed by atoms with Crippen molar-refractivity contribution in [2.24, 2.45) is 4.99 Å². The average Bonchev–Trinajstić information content (AvgIpc) is 3.02. The van der Waals surface area contributed by atoms with Gasteiger partial charge in [0.2, 0.25) is 0 Å². The third kappa shape index (κ3) is 7.24. The number of halogens is 2. The molecule has 8 heteroatoms. The highest BCUT2D eigenvalue weighted by Crippen LogP contribution is 2.19. The van der Waals surface area contributed by atoms with Crippen LogP contribution in [0.4, 0.5) is 0 Å². The highest BCUT2D eigenvalue weighted by Gasteiger charge is 2.07. The first-order valence-corrected chi connectivity index (χ1v) is 9.72. The number of thiophene rings is 1.